The number of halogens is 2. The summed E-state index contributed by atoms with van der Waals surface area (Å²) < 4.78 is 0. The molecule has 4 nitrogen and oxygen atoms in total. The molecule has 2 aromatic rings. The largest absolute Gasteiger partial charge is 0.325 e. The second-order valence-electron chi connectivity index (χ2n) is 4.62. The molecular formula is C16H14Cl2N2O2. The van der Waals surface area contributed by atoms with Crippen molar-refractivity contribution in [2.24, 2.45) is 0 Å². The number of carbonyl (C=O) groups excluding carboxylic acids is 2. The van der Waals surface area contributed by atoms with Crippen molar-refractivity contribution in [3.63, 3.8) is 0 Å². The highest BCUT2D eigenvalue weighted by molar-refractivity contribution is 6.42. The summed E-state index contributed by atoms with van der Waals surface area (Å²) in [6, 6.07) is 13.8. The topological polar surface area (TPSA) is 49.4 Å². The van der Waals surface area contributed by atoms with Crippen molar-refractivity contribution in [1.29, 1.82) is 0 Å². The standard InChI is InChI=1S/C16H14Cl2N2O2/c1-11(21)20(13-7-8-14(17)15(18)9-13)10-16(22)19-12-5-3-2-4-6-12/h2-9H,10H2,1H3,(H,19,22). The molecular weight excluding hydrogens is 323 g/mol. The number of amides is 2. The van der Waals surface area contributed by atoms with Crippen LogP contribution in [-0.2, 0) is 9.59 Å². The third-order valence-electron chi connectivity index (χ3n) is 2.95. The Morgan fingerprint density at radius 1 is 1.05 bits per heavy atom. The van der Waals surface area contributed by atoms with E-state index in [0.29, 0.717) is 21.4 Å². The molecule has 114 valence electrons. The molecule has 0 aromatic heterocycles. The number of hydrogen-bond acceptors (Lipinski definition) is 2. The average molecular weight is 337 g/mol. The second-order valence-corrected chi connectivity index (χ2v) is 5.43. The van der Waals surface area contributed by atoms with Crippen molar-refractivity contribution < 1.29 is 9.59 Å². The second kappa shape index (κ2) is 7.29. The molecule has 0 radical (unpaired) electrons. The van der Waals surface area contributed by atoms with Crippen LogP contribution in [-0.4, -0.2) is 18.4 Å². The van der Waals surface area contributed by atoms with Crippen molar-refractivity contribution in [3.8, 4) is 0 Å². The van der Waals surface area contributed by atoms with Crippen molar-refractivity contribution in [1.82, 2.24) is 0 Å². The number of anilines is 2. The molecule has 0 aliphatic carbocycles. The Morgan fingerprint density at radius 2 is 1.73 bits per heavy atom. The lowest BCUT2D eigenvalue weighted by molar-refractivity contribution is -0.120. The van der Waals surface area contributed by atoms with Crippen LogP contribution in [0.2, 0.25) is 10.0 Å². The highest BCUT2D eigenvalue weighted by Crippen LogP contribution is 2.27. The quantitative estimate of drug-likeness (QED) is 0.917. The molecule has 0 atom stereocenters. The van der Waals surface area contributed by atoms with Gasteiger partial charge in [-0.3, -0.25) is 9.59 Å². The number of nitrogens with zero attached hydrogens (tertiary/aromatic N) is 1. The first-order valence-electron chi connectivity index (χ1n) is 6.55. The fourth-order valence-corrected chi connectivity index (χ4v) is 2.20. The summed E-state index contributed by atoms with van der Waals surface area (Å²) in [6.45, 7) is 1.28. The van der Waals surface area contributed by atoms with E-state index in [1.807, 2.05) is 18.2 Å². The van der Waals surface area contributed by atoms with Gasteiger partial charge in [-0.15, -0.1) is 0 Å². The molecule has 6 heteroatoms. The zero-order chi connectivity index (χ0) is 16.1. The first kappa shape index (κ1) is 16.3. The maximum atomic E-state index is 12.1. The van der Waals surface area contributed by atoms with E-state index in [0.717, 1.165) is 0 Å². The molecule has 2 aromatic carbocycles. The van der Waals surface area contributed by atoms with Crippen LogP contribution in [0.5, 0.6) is 0 Å². The van der Waals surface area contributed by atoms with Gasteiger partial charge in [-0.1, -0.05) is 41.4 Å². The number of benzene rings is 2. The van der Waals surface area contributed by atoms with E-state index in [4.69, 9.17) is 23.2 Å². The van der Waals surface area contributed by atoms with E-state index in [-0.39, 0.29) is 18.4 Å². The van der Waals surface area contributed by atoms with Crippen LogP contribution in [0.1, 0.15) is 6.92 Å². The SMILES string of the molecule is CC(=O)N(CC(=O)Nc1ccccc1)c1ccc(Cl)c(Cl)c1. The molecule has 0 saturated heterocycles. The Kier molecular flexibility index (Phi) is 5.41. The summed E-state index contributed by atoms with van der Waals surface area (Å²) in [4.78, 5) is 25.2. The summed E-state index contributed by atoms with van der Waals surface area (Å²) >= 11 is 11.8. The van der Waals surface area contributed by atoms with E-state index in [2.05, 4.69) is 5.32 Å². The maximum absolute atomic E-state index is 12.1. The molecule has 0 saturated carbocycles. The molecule has 0 aliphatic heterocycles. The number of rotatable bonds is 4. The van der Waals surface area contributed by atoms with E-state index >= 15 is 0 Å². The highest BCUT2D eigenvalue weighted by Gasteiger charge is 2.16. The van der Waals surface area contributed by atoms with Crippen LogP contribution in [0.25, 0.3) is 0 Å². The Balaban J connectivity index is 2.13. The van der Waals surface area contributed by atoms with E-state index in [1.165, 1.54) is 11.8 Å². The zero-order valence-electron chi connectivity index (χ0n) is 11.8. The smallest absolute Gasteiger partial charge is 0.244 e. The fraction of sp³-hybridized carbons (Fsp3) is 0.125. The van der Waals surface area contributed by atoms with E-state index in [1.54, 1.807) is 30.3 Å². The van der Waals surface area contributed by atoms with Gasteiger partial charge >= 0.3 is 0 Å². The van der Waals surface area contributed by atoms with Gasteiger partial charge in [0.2, 0.25) is 11.8 Å². The van der Waals surface area contributed by atoms with Crippen molar-refractivity contribution in [3.05, 3.63) is 58.6 Å². The van der Waals surface area contributed by atoms with Crippen LogP contribution in [0.15, 0.2) is 48.5 Å². The lowest BCUT2D eigenvalue weighted by Crippen LogP contribution is -2.36. The normalized spacial score (nSPS) is 10.1. The highest BCUT2D eigenvalue weighted by atomic mass is 35.5. The molecule has 2 amide bonds. The zero-order valence-corrected chi connectivity index (χ0v) is 13.4. The van der Waals surface area contributed by atoms with Crippen molar-refractivity contribution >= 4 is 46.4 Å². The van der Waals surface area contributed by atoms with Crippen molar-refractivity contribution in [2.45, 2.75) is 6.92 Å². The summed E-state index contributed by atoms with van der Waals surface area (Å²) in [7, 11) is 0. The lowest BCUT2D eigenvalue weighted by Gasteiger charge is -2.21. The first-order valence-corrected chi connectivity index (χ1v) is 7.31. The van der Waals surface area contributed by atoms with Crippen LogP contribution in [0.4, 0.5) is 11.4 Å². The molecule has 0 spiro atoms. The molecule has 1 N–H and O–H groups in total. The molecule has 22 heavy (non-hydrogen) atoms. The van der Waals surface area contributed by atoms with Gasteiger partial charge in [0, 0.05) is 18.3 Å². The van der Waals surface area contributed by atoms with E-state index < -0.39 is 0 Å². The third kappa shape index (κ3) is 4.23. The van der Waals surface area contributed by atoms with Gasteiger partial charge in [0.05, 0.1) is 10.0 Å². The summed E-state index contributed by atoms with van der Waals surface area (Å²) in [5.74, 6) is -0.561. The molecule has 0 heterocycles. The number of nitrogens with one attached hydrogen (secondary N) is 1. The van der Waals surface area contributed by atoms with Gasteiger partial charge in [-0.25, -0.2) is 0 Å². The fourth-order valence-electron chi connectivity index (χ4n) is 1.90. The molecule has 0 fully saturated rings. The summed E-state index contributed by atoms with van der Waals surface area (Å²) in [5, 5.41) is 3.45. The molecule has 0 bridgehead atoms. The monoisotopic (exact) mass is 336 g/mol. The Labute approximate surface area is 138 Å². The van der Waals surface area contributed by atoms with Gasteiger partial charge < -0.3 is 10.2 Å². The van der Waals surface area contributed by atoms with Gasteiger partial charge in [-0.05, 0) is 30.3 Å². The minimum absolute atomic E-state index is 0.109. The number of para-hydroxylation sites is 1. The van der Waals surface area contributed by atoms with Gasteiger partial charge in [0.25, 0.3) is 0 Å². The average Bonchev–Trinajstić information content (AvgIpc) is 2.48. The predicted molar refractivity (Wildman–Crippen MR) is 89.6 cm³/mol. The van der Waals surface area contributed by atoms with Crippen LogP contribution in [0.3, 0.4) is 0 Å². The Morgan fingerprint density at radius 3 is 2.32 bits per heavy atom. The minimum atomic E-state index is -0.299. The lowest BCUT2D eigenvalue weighted by atomic mass is 10.2. The van der Waals surface area contributed by atoms with Gasteiger partial charge in [0.15, 0.2) is 0 Å². The van der Waals surface area contributed by atoms with Gasteiger partial charge in [-0.2, -0.15) is 0 Å². The maximum Gasteiger partial charge on any atom is 0.244 e. The number of hydrogen-bond donors (Lipinski definition) is 1. The molecule has 0 aliphatic rings. The van der Waals surface area contributed by atoms with E-state index in [9.17, 15) is 9.59 Å². The molecule has 2 rings (SSSR count). The predicted octanol–water partition coefficient (Wildman–Crippen LogP) is 3.99. The van der Waals surface area contributed by atoms with Crippen LogP contribution >= 0.6 is 23.2 Å². The third-order valence-corrected chi connectivity index (χ3v) is 3.69. The van der Waals surface area contributed by atoms with Crippen LogP contribution in [0, 0.1) is 0 Å². The van der Waals surface area contributed by atoms with Crippen molar-refractivity contribution in [2.75, 3.05) is 16.8 Å². The van der Waals surface area contributed by atoms with Crippen LogP contribution < -0.4 is 10.2 Å². The Bertz CT molecular complexity index is 690. The van der Waals surface area contributed by atoms with Gasteiger partial charge in [0.1, 0.15) is 6.54 Å². The Hall–Kier alpha value is -2.04. The summed E-state index contributed by atoms with van der Waals surface area (Å²) in [6.07, 6.45) is 0. The number of carbonyl (C=O) groups is 2. The summed E-state index contributed by atoms with van der Waals surface area (Å²) in [5.41, 5.74) is 1.19. The first-order chi connectivity index (χ1) is 10.5. The minimum Gasteiger partial charge on any atom is -0.325 e. The molecule has 0 unspecified atom stereocenters.